The van der Waals surface area contributed by atoms with Crippen LogP contribution in [0.2, 0.25) is 0 Å². The highest BCUT2D eigenvalue weighted by Gasteiger charge is 2.07. The molecule has 0 saturated carbocycles. The Morgan fingerprint density at radius 1 is 1.53 bits per heavy atom. The van der Waals surface area contributed by atoms with E-state index >= 15 is 0 Å². The summed E-state index contributed by atoms with van der Waals surface area (Å²) in [6.45, 7) is 0.417. The van der Waals surface area contributed by atoms with Crippen molar-refractivity contribution in [2.75, 3.05) is 13.7 Å². The fourth-order valence-corrected chi connectivity index (χ4v) is 1.83. The van der Waals surface area contributed by atoms with Crippen LogP contribution in [0.1, 0.15) is 6.42 Å². The van der Waals surface area contributed by atoms with Gasteiger partial charge in [-0.1, -0.05) is 12.1 Å². The van der Waals surface area contributed by atoms with Crippen molar-refractivity contribution in [3.05, 3.63) is 33.9 Å². The van der Waals surface area contributed by atoms with Crippen LogP contribution >= 0.6 is 22.6 Å². The average molecular weight is 348 g/mol. The van der Waals surface area contributed by atoms with Gasteiger partial charge in [0.2, 0.25) is 0 Å². The standard InChI is InChI=1S/C12H13IO4/c1-16-10-6-4-5-9(13)12(10)17-8-3-2-7-11(14)15/h2,4-7H,3,8H2,1H3,(H,14,15). The number of rotatable bonds is 6. The average Bonchev–Trinajstić information content (AvgIpc) is 2.30. The lowest BCUT2D eigenvalue weighted by molar-refractivity contribution is -0.131. The van der Waals surface area contributed by atoms with E-state index in [-0.39, 0.29) is 0 Å². The number of carboxylic acid groups (broad SMARTS) is 1. The number of carbonyl (C=O) groups is 1. The summed E-state index contributed by atoms with van der Waals surface area (Å²) in [5.74, 6) is 0.426. The molecule has 0 aromatic heterocycles. The molecule has 1 aromatic carbocycles. The molecule has 0 atom stereocenters. The van der Waals surface area contributed by atoms with Crippen LogP contribution in [0.3, 0.4) is 0 Å². The van der Waals surface area contributed by atoms with Crippen molar-refractivity contribution < 1.29 is 19.4 Å². The maximum absolute atomic E-state index is 10.2. The Morgan fingerprint density at radius 2 is 2.29 bits per heavy atom. The van der Waals surface area contributed by atoms with E-state index in [1.54, 1.807) is 13.2 Å². The van der Waals surface area contributed by atoms with E-state index in [4.69, 9.17) is 14.6 Å². The van der Waals surface area contributed by atoms with E-state index < -0.39 is 5.97 Å². The minimum Gasteiger partial charge on any atom is -0.493 e. The summed E-state index contributed by atoms with van der Waals surface area (Å²) in [5.41, 5.74) is 0. The van der Waals surface area contributed by atoms with Gasteiger partial charge in [0, 0.05) is 6.08 Å². The van der Waals surface area contributed by atoms with E-state index in [0.29, 0.717) is 24.5 Å². The number of carboxylic acids is 1. The van der Waals surface area contributed by atoms with Gasteiger partial charge in [-0.3, -0.25) is 0 Å². The molecular weight excluding hydrogens is 335 g/mol. The summed E-state index contributed by atoms with van der Waals surface area (Å²) in [6, 6.07) is 5.63. The molecule has 0 radical (unpaired) electrons. The Labute approximate surface area is 113 Å². The predicted molar refractivity (Wildman–Crippen MR) is 72.6 cm³/mol. The van der Waals surface area contributed by atoms with Gasteiger partial charge in [0.1, 0.15) is 0 Å². The van der Waals surface area contributed by atoms with Gasteiger partial charge in [0.25, 0.3) is 0 Å². The molecule has 0 aliphatic carbocycles. The summed E-state index contributed by atoms with van der Waals surface area (Å²) in [6.07, 6.45) is 3.21. The molecule has 0 heterocycles. The molecule has 4 nitrogen and oxygen atoms in total. The summed E-state index contributed by atoms with van der Waals surface area (Å²) in [4.78, 5) is 10.2. The van der Waals surface area contributed by atoms with Crippen LogP contribution in [0.25, 0.3) is 0 Å². The zero-order valence-corrected chi connectivity index (χ0v) is 11.5. The molecule has 17 heavy (non-hydrogen) atoms. The molecule has 0 spiro atoms. The van der Waals surface area contributed by atoms with Crippen LogP contribution in [0.4, 0.5) is 0 Å². The van der Waals surface area contributed by atoms with Gasteiger partial charge < -0.3 is 14.6 Å². The van der Waals surface area contributed by atoms with Crippen LogP contribution in [-0.4, -0.2) is 24.8 Å². The third-order valence-electron chi connectivity index (χ3n) is 1.94. The van der Waals surface area contributed by atoms with E-state index in [0.717, 1.165) is 9.65 Å². The third-order valence-corrected chi connectivity index (χ3v) is 2.79. The van der Waals surface area contributed by atoms with Crippen molar-refractivity contribution in [1.82, 2.24) is 0 Å². The Morgan fingerprint density at radius 3 is 2.94 bits per heavy atom. The number of halogens is 1. The van der Waals surface area contributed by atoms with E-state index in [2.05, 4.69) is 22.6 Å². The van der Waals surface area contributed by atoms with Gasteiger partial charge in [-0.05, 0) is 41.1 Å². The Kier molecular flexibility index (Phi) is 5.82. The number of benzene rings is 1. The minimum absolute atomic E-state index is 0.417. The fraction of sp³-hybridized carbons (Fsp3) is 0.250. The molecular formula is C12H13IO4. The number of methoxy groups -OCH3 is 1. The smallest absolute Gasteiger partial charge is 0.327 e. The quantitative estimate of drug-likeness (QED) is 0.488. The fourth-order valence-electron chi connectivity index (χ4n) is 1.20. The lowest BCUT2D eigenvalue weighted by Gasteiger charge is -2.11. The molecule has 0 aliphatic heterocycles. The zero-order chi connectivity index (χ0) is 12.7. The molecule has 1 aromatic rings. The molecule has 0 aliphatic rings. The molecule has 5 heteroatoms. The van der Waals surface area contributed by atoms with Crippen LogP contribution in [0.15, 0.2) is 30.4 Å². The van der Waals surface area contributed by atoms with Gasteiger partial charge in [-0.2, -0.15) is 0 Å². The Hall–Kier alpha value is -1.24. The first-order valence-corrected chi connectivity index (χ1v) is 6.07. The minimum atomic E-state index is -0.947. The number of aliphatic carboxylic acids is 1. The van der Waals surface area contributed by atoms with Crippen LogP contribution in [0.5, 0.6) is 11.5 Å². The highest BCUT2D eigenvalue weighted by atomic mass is 127. The highest BCUT2D eigenvalue weighted by Crippen LogP contribution is 2.31. The molecule has 0 saturated heterocycles. The number of hydrogen-bond acceptors (Lipinski definition) is 3. The van der Waals surface area contributed by atoms with Crippen molar-refractivity contribution in [2.24, 2.45) is 0 Å². The predicted octanol–water partition coefficient (Wildman–Crippen LogP) is 2.71. The summed E-state index contributed by atoms with van der Waals surface area (Å²) in [7, 11) is 1.59. The van der Waals surface area contributed by atoms with Gasteiger partial charge in [0.15, 0.2) is 11.5 Å². The first-order chi connectivity index (χ1) is 8.15. The lowest BCUT2D eigenvalue weighted by Crippen LogP contribution is -2.00. The molecule has 0 amide bonds. The normalized spacial score (nSPS) is 10.5. The largest absolute Gasteiger partial charge is 0.493 e. The molecule has 0 fully saturated rings. The summed E-state index contributed by atoms with van der Waals surface area (Å²) >= 11 is 2.16. The maximum Gasteiger partial charge on any atom is 0.327 e. The van der Waals surface area contributed by atoms with Crippen molar-refractivity contribution in [3.8, 4) is 11.5 Å². The zero-order valence-electron chi connectivity index (χ0n) is 9.35. The third kappa shape index (κ3) is 4.64. The van der Waals surface area contributed by atoms with Crippen molar-refractivity contribution in [1.29, 1.82) is 0 Å². The van der Waals surface area contributed by atoms with Crippen molar-refractivity contribution >= 4 is 28.6 Å². The Balaban J connectivity index is 2.54. The van der Waals surface area contributed by atoms with Crippen LogP contribution in [-0.2, 0) is 4.79 Å². The monoisotopic (exact) mass is 348 g/mol. The second-order valence-corrected chi connectivity index (χ2v) is 4.31. The molecule has 1 N–H and O–H groups in total. The maximum atomic E-state index is 10.2. The first-order valence-electron chi connectivity index (χ1n) is 5.00. The number of hydrogen-bond donors (Lipinski definition) is 1. The van der Waals surface area contributed by atoms with Crippen LogP contribution in [0, 0.1) is 3.57 Å². The van der Waals surface area contributed by atoms with Crippen molar-refractivity contribution in [3.63, 3.8) is 0 Å². The van der Waals surface area contributed by atoms with Gasteiger partial charge >= 0.3 is 5.97 Å². The molecule has 92 valence electrons. The van der Waals surface area contributed by atoms with Crippen LogP contribution < -0.4 is 9.47 Å². The summed E-state index contributed by atoms with van der Waals surface area (Å²) in [5, 5.41) is 8.41. The van der Waals surface area contributed by atoms with E-state index in [9.17, 15) is 4.79 Å². The van der Waals surface area contributed by atoms with Crippen molar-refractivity contribution in [2.45, 2.75) is 6.42 Å². The number of para-hydroxylation sites is 1. The molecule has 0 bridgehead atoms. The number of ether oxygens (including phenoxy) is 2. The van der Waals surface area contributed by atoms with Gasteiger partial charge in [-0.25, -0.2) is 4.79 Å². The molecule has 1 rings (SSSR count). The summed E-state index contributed by atoms with van der Waals surface area (Å²) < 4.78 is 11.7. The van der Waals surface area contributed by atoms with Gasteiger partial charge in [0.05, 0.1) is 17.3 Å². The lowest BCUT2D eigenvalue weighted by atomic mass is 10.3. The second kappa shape index (κ2) is 7.16. The Bertz CT molecular complexity index is 415. The van der Waals surface area contributed by atoms with Gasteiger partial charge in [-0.15, -0.1) is 0 Å². The van der Waals surface area contributed by atoms with E-state index in [1.807, 2.05) is 18.2 Å². The first kappa shape index (κ1) is 13.8. The van der Waals surface area contributed by atoms with E-state index in [1.165, 1.54) is 0 Å². The molecule has 0 unspecified atom stereocenters. The topological polar surface area (TPSA) is 55.8 Å². The second-order valence-electron chi connectivity index (χ2n) is 3.15. The SMILES string of the molecule is COc1cccc(I)c1OCCC=CC(=O)O. The highest BCUT2D eigenvalue weighted by molar-refractivity contribution is 14.1.